The number of unbranched alkanes of at least 4 members (excludes halogenated alkanes) is 10. The standard InChI is InChI=1S/C38H48F2O5/c1-4-6-8-10-11-12-13-15-25-43-31-20-17-29(18-21-31)30-19-23-33(35(39)26-30)38(42)45-32-22-24-34(36(40)27-32)37(41)44-28(3)16-14-9-7-5-2/h17-24,26-28H,4-16,25H2,1-3H3/t28-/m1/s1. The van der Waals surface area contributed by atoms with Gasteiger partial charge in [-0.25, -0.2) is 18.4 Å². The molecule has 0 spiro atoms. The van der Waals surface area contributed by atoms with Crippen molar-refractivity contribution in [1.82, 2.24) is 0 Å². The quantitative estimate of drug-likeness (QED) is 0.0713. The van der Waals surface area contributed by atoms with E-state index in [0.29, 0.717) is 18.6 Å². The molecule has 0 aliphatic heterocycles. The van der Waals surface area contributed by atoms with E-state index in [1.54, 1.807) is 13.0 Å². The summed E-state index contributed by atoms with van der Waals surface area (Å²) in [5.74, 6) is -2.79. The summed E-state index contributed by atoms with van der Waals surface area (Å²) in [6, 6.07) is 15.0. The van der Waals surface area contributed by atoms with Crippen LogP contribution in [0.4, 0.5) is 8.78 Å². The Morgan fingerprint density at radius 1 is 0.622 bits per heavy atom. The van der Waals surface area contributed by atoms with E-state index in [2.05, 4.69) is 13.8 Å². The molecule has 0 saturated carbocycles. The van der Waals surface area contributed by atoms with Gasteiger partial charge < -0.3 is 14.2 Å². The molecule has 7 heteroatoms. The Hall–Kier alpha value is -3.74. The monoisotopic (exact) mass is 622 g/mol. The highest BCUT2D eigenvalue weighted by Gasteiger charge is 2.20. The largest absolute Gasteiger partial charge is 0.494 e. The fraction of sp³-hybridized carbons (Fsp3) is 0.474. The van der Waals surface area contributed by atoms with Crippen LogP contribution < -0.4 is 9.47 Å². The number of carbonyl (C=O) groups is 2. The van der Waals surface area contributed by atoms with E-state index in [-0.39, 0.29) is 23.0 Å². The summed E-state index contributed by atoms with van der Waals surface area (Å²) in [5.41, 5.74) is 0.820. The molecule has 0 aliphatic carbocycles. The molecular weight excluding hydrogens is 574 g/mol. The van der Waals surface area contributed by atoms with Crippen LogP contribution in [0.3, 0.4) is 0 Å². The zero-order valence-electron chi connectivity index (χ0n) is 27.0. The van der Waals surface area contributed by atoms with Crippen LogP contribution in [0.15, 0.2) is 60.7 Å². The highest BCUT2D eigenvalue weighted by molar-refractivity contribution is 5.93. The molecule has 0 unspecified atom stereocenters. The van der Waals surface area contributed by atoms with Gasteiger partial charge in [0.15, 0.2) is 0 Å². The van der Waals surface area contributed by atoms with Crippen molar-refractivity contribution in [2.45, 2.75) is 110 Å². The van der Waals surface area contributed by atoms with Gasteiger partial charge in [0.2, 0.25) is 0 Å². The minimum absolute atomic E-state index is 0.146. The third-order valence-electron chi connectivity index (χ3n) is 7.79. The second-order valence-electron chi connectivity index (χ2n) is 11.6. The Kier molecular flexibility index (Phi) is 15.6. The number of rotatable bonds is 20. The minimum atomic E-state index is -0.973. The van der Waals surface area contributed by atoms with Crippen molar-refractivity contribution in [2.75, 3.05) is 6.61 Å². The first-order valence-corrected chi connectivity index (χ1v) is 16.6. The Morgan fingerprint density at radius 3 is 1.80 bits per heavy atom. The van der Waals surface area contributed by atoms with Crippen LogP contribution in [0.1, 0.15) is 125 Å². The summed E-state index contributed by atoms with van der Waals surface area (Å²) in [7, 11) is 0. The molecule has 0 bridgehead atoms. The van der Waals surface area contributed by atoms with Crippen molar-refractivity contribution in [2.24, 2.45) is 0 Å². The van der Waals surface area contributed by atoms with E-state index in [1.807, 2.05) is 24.3 Å². The molecule has 0 aromatic heterocycles. The SMILES string of the molecule is CCCCCCCCCCOc1ccc(-c2ccc(C(=O)Oc3ccc(C(=O)O[C@H](C)CCCCCC)c(F)c3)c(F)c2)cc1. The van der Waals surface area contributed by atoms with E-state index in [1.165, 1.54) is 62.8 Å². The fourth-order valence-corrected chi connectivity index (χ4v) is 5.08. The van der Waals surface area contributed by atoms with Crippen LogP contribution in [0.5, 0.6) is 11.5 Å². The average Bonchev–Trinajstić information content (AvgIpc) is 3.02. The van der Waals surface area contributed by atoms with Crippen LogP contribution in [-0.4, -0.2) is 24.6 Å². The topological polar surface area (TPSA) is 61.8 Å². The van der Waals surface area contributed by atoms with Crippen molar-refractivity contribution in [3.05, 3.63) is 83.4 Å². The van der Waals surface area contributed by atoms with Gasteiger partial charge in [-0.2, -0.15) is 0 Å². The van der Waals surface area contributed by atoms with Gasteiger partial charge in [0, 0.05) is 6.07 Å². The third kappa shape index (κ3) is 12.3. The van der Waals surface area contributed by atoms with E-state index in [0.717, 1.165) is 55.9 Å². The van der Waals surface area contributed by atoms with E-state index >= 15 is 0 Å². The average molecular weight is 623 g/mol. The third-order valence-corrected chi connectivity index (χ3v) is 7.79. The maximum Gasteiger partial charge on any atom is 0.346 e. The molecule has 5 nitrogen and oxygen atoms in total. The molecule has 45 heavy (non-hydrogen) atoms. The maximum absolute atomic E-state index is 15.0. The second-order valence-corrected chi connectivity index (χ2v) is 11.6. The van der Waals surface area contributed by atoms with Crippen LogP contribution in [0.25, 0.3) is 11.1 Å². The summed E-state index contributed by atoms with van der Waals surface area (Å²) < 4.78 is 46.1. The second kappa shape index (κ2) is 19.6. The molecule has 244 valence electrons. The van der Waals surface area contributed by atoms with Crippen molar-refractivity contribution >= 4 is 11.9 Å². The summed E-state index contributed by atoms with van der Waals surface area (Å²) in [6.45, 7) is 6.79. The fourth-order valence-electron chi connectivity index (χ4n) is 5.08. The highest BCUT2D eigenvalue weighted by Crippen LogP contribution is 2.26. The van der Waals surface area contributed by atoms with Crippen LogP contribution in [0, 0.1) is 11.6 Å². The summed E-state index contributed by atoms with van der Waals surface area (Å²) in [5, 5.41) is 0. The number of hydrogen-bond acceptors (Lipinski definition) is 5. The number of halogens is 2. The van der Waals surface area contributed by atoms with Crippen molar-refractivity contribution < 1.29 is 32.6 Å². The van der Waals surface area contributed by atoms with Gasteiger partial charge in [0.1, 0.15) is 23.1 Å². The number of ether oxygens (including phenoxy) is 3. The number of benzene rings is 3. The lowest BCUT2D eigenvalue weighted by Gasteiger charge is -2.14. The predicted molar refractivity (Wildman–Crippen MR) is 175 cm³/mol. The first-order valence-electron chi connectivity index (χ1n) is 16.6. The number of carbonyl (C=O) groups excluding carboxylic acids is 2. The molecule has 1 atom stereocenters. The lowest BCUT2D eigenvalue weighted by Crippen LogP contribution is -2.16. The van der Waals surface area contributed by atoms with E-state index in [4.69, 9.17) is 14.2 Å². The van der Waals surface area contributed by atoms with Crippen LogP contribution >= 0.6 is 0 Å². The normalized spacial score (nSPS) is 11.7. The predicted octanol–water partition coefficient (Wildman–Crippen LogP) is 10.9. The molecule has 3 aromatic carbocycles. The molecule has 0 radical (unpaired) electrons. The summed E-state index contributed by atoms with van der Waals surface area (Å²) in [4.78, 5) is 25.1. The highest BCUT2D eigenvalue weighted by atomic mass is 19.1. The number of hydrogen-bond donors (Lipinski definition) is 0. The summed E-state index contributed by atoms with van der Waals surface area (Å²) >= 11 is 0. The van der Waals surface area contributed by atoms with Gasteiger partial charge in [0.05, 0.1) is 23.8 Å². The van der Waals surface area contributed by atoms with Gasteiger partial charge in [-0.1, -0.05) is 96.3 Å². The molecule has 0 N–H and O–H groups in total. The first kappa shape index (κ1) is 35.7. The molecule has 0 amide bonds. The molecule has 0 fully saturated rings. The van der Waals surface area contributed by atoms with Gasteiger partial charge in [-0.05, 0) is 73.7 Å². The van der Waals surface area contributed by atoms with Crippen LogP contribution in [-0.2, 0) is 4.74 Å². The molecule has 3 aromatic rings. The Labute approximate surface area is 267 Å². The molecule has 0 saturated heterocycles. The smallest absolute Gasteiger partial charge is 0.346 e. The minimum Gasteiger partial charge on any atom is -0.494 e. The van der Waals surface area contributed by atoms with Gasteiger partial charge >= 0.3 is 11.9 Å². The van der Waals surface area contributed by atoms with E-state index in [9.17, 15) is 18.4 Å². The van der Waals surface area contributed by atoms with Gasteiger partial charge in [0.25, 0.3) is 0 Å². The number of esters is 2. The zero-order chi connectivity index (χ0) is 32.4. The van der Waals surface area contributed by atoms with Crippen molar-refractivity contribution in [1.29, 1.82) is 0 Å². The summed E-state index contributed by atoms with van der Waals surface area (Å²) in [6.07, 6.45) is 14.5. The maximum atomic E-state index is 15.0. The molecule has 3 rings (SSSR count). The van der Waals surface area contributed by atoms with E-state index < -0.39 is 23.6 Å². The Bertz CT molecular complexity index is 1340. The van der Waals surface area contributed by atoms with Crippen molar-refractivity contribution in [3.8, 4) is 22.6 Å². The van der Waals surface area contributed by atoms with Gasteiger partial charge in [-0.15, -0.1) is 0 Å². The Balaban J connectivity index is 1.49. The lowest BCUT2D eigenvalue weighted by molar-refractivity contribution is 0.0314. The molecule has 0 heterocycles. The molecular formula is C38H48F2O5. The lowest BCUT2D eigenvalue weighted by atomic mass is 10.0. The van der Waals surface area contributed by atoms with Crippen molar-refractivity contribution in [3.63, 3.8) is 0 Å². The zero-order valence-corrected chi connectivity index (χ0v) is 27.0. The Morgan fingerprint density at radius 2 is 1.16 bits per heavy atom. The first-order chi connectivity index (χ1) is 21.8. The molecule has 0 aliphatic rings. The van der Waals surface area contributed by atoms with Crippen LogP contribution in [0.2, 0.25) is 0 Å². The van der Waals surface area contributed by atoms with Gasteiger partial charge in [-0.3, -0.25) is 0 Å².